The van der Waals surface area contributed by atoms with E-state index in [1.165, 1.54) is 0 Å². The maximum Gasteiger partial charge on any atom is 0.224 e. The number of aryl methyl sites for hydroxylation is 1. The van der Waals surface area contributed by atoms with E-state index in [1.54, 1.807) is 18.2 Å². The number of aromatic hydroxyl groups is 1. The topological polar surface area (TPSA) is 49.3 Å². The molecule has 2 aromatic carbocycles. The second kappa shape index (κ2) is 6.05. The van der Waals surface area contributed by atoms with Gasteiger partial charge in [-0.3, -0.25) is 4.79 Å². The maximum atomic E-state index is 11.8. The van der Waals surface area contributed by atoms with E-state index in [4.69, 9.17) is 0 Å². The molecule has 2 N–H and O–H groups in total. The van der Waals surface area contributed by atoms with E-state index in [0.717, 1.165) is 16.7 Å². The van der Waals surface area contributed by atoms with Gasteiger partial charge in [0.05, 0.1) is 6.42 Å². The summed E-state index contributed by atoms with van der Waals surface area (Å²) in [5.74, 6) is 0.197. The van der Waals surface area contributed by atoms with Crippen molar-refractivity contribution >= 4 is 5.91 Å². The van der Waals surface area contributed by atoms with Gasteiger partial charge >= 0.3 is 0 Å². The number of phenolic OH excluding ortho intramolecular Hbond substituents is 1. The molecule has 3 heteroatoms. The minimum atomic E-state index is -0.0161. The largest absolute Gasteiger partial charge is 0.508 e. The van der Waals surface area contributed by atoms with Crippen LogP contribution in [0.1, 0.15) is 16.7 Å². The van der Waals surface area contributed by atoms with Crippen molar-refractivity contribution in [1.29, 1.82) is 0 Å². The van der Waals surface area contributed by atoms with Crippen molar-refractivity contribution in [3.63, 3.8) is 0 Å². The lowest BCUT2D eigenvalue weighted by Gasteiger charge is -2.07. The van der Waals surface area contributed by atoms with Crippen molar-refractivity contribution in [2.45, 2.75) is 19.9 Å². The minimum absolute atomic E-state index is 0.0161. The summed E-state index contributed by atoms with van der Waals surface area (Å²) in [6.07, 6.45) is 0.380. The van der Waals surface area contributed by atoms with Crippen LogP contribution in [0.3, 0.4) is 0 Å². The van der Waals surface area contributed by atoms with Gasteiger partial charge in [0.25, 0.3) is 0 Å². The number of hydrogen-bond acceptors (Lipinski definition) is 2. The first-order valence-corrected chi connectivity index (χ1v) is 6.24. The number of hydrogen-bond donors (Lipinski definition) is 2. The van der Waals surface area contributed by atoms with Gasteiger partial charge in [-0.1, -0.05) is 36.4 Å². The zero-order valence-corrected chi connectivity index (χ0v) is 10.9. The van der Waals surface area contributed by atoms with Crippen LogP contribution in [0.25, 0.3) is 0 Å². The predicted octanol–water partition coefficient (Wildman–Crippen LogP) is 2.56. The highest BCUT2D eigenvalue weighted by Crippen LogP contribution is 2.11. The molecule has 0 heterocycles. The van der Waals surface area contributed by atoms with Gasteiger partial charge in [-0.05, 0) is 35.7 Å². The molecular formula is C16H17NO2. The van der Waals surface area contributed by atoms with Gasteiger partial charge in [0, 0.05) is 6.54 Å². The molecule has 1 amide bonds. The molecule has 2 rings (SSSR count). The predicted molar refractivity (Wildman–Crippen MR) is 74.8 cm³/mol. The third-order valence-corrected chi connectivity index (χ3v) is 3.01. The average molecular weight is 255 g/mol. The quantitative estimate of drug-likeness (QED) is 0.882. The Labute approximate surface area is 112 Å². The van der Waals surface area contributed by atoms with Crippen LogP contribution in [-0.4, -0.2) is 11.0 Å². The first-order chi connectivity index (χ1) is 9.15. The zero-order valence-electron chi connectivity index (χ0n) is 10.9. The first kappa shape index (κ1) is 13.1. The Bertz CT molecular complexity index is 578. The van der Waals surface area contributed by atoms with Crippen LogP contribution < -0.4 is 5.32 Å². The monoisotopic (exact) mass is 255 g/mol. The van der Waals surface area contributed by atoms with Crippen molar-refractivity contribution in [3.8, 4) is 5.75 Å². The average Bonchev–Trinajstić information content (AvgIpc) is 2.39. The van der Waals surface area contributed by atoms with Gasteiger partial charge in [-0.2, -0.15) is 0 Å². The molecule has 0 aliphatic heterocycles. The van der Waals surface area contributed by atoms with Crippen molar-refractivity contribution in [3.05, 3.63) is 65.2 Å². The summed E-state index contributed by atoms with van der Waals surface area (Å²) in [6.45, 7) is 2.43. The van der Waals surface area contributed by atoms with Crippen LogP contribution in [0, 0.1) is 6.92 Å². The highest BCUT2D eigenvalue weighted by molar-refractivity contribution is 5.78. The highest BCUT2D eigenvalue weighted by Gasteiger charge is 2.05. The van der Waals surface area contributed by atoms with Crippen LogP contribution in [-0.2, 0) is 17.8 Å². The van der Waals surface area contributed by atoms with E-state index in [0.29, 0.717) is 13.0 Å². The van der Waals surface area contributed by atoms with Crippen LogP contribution in [0.5, 0.6) is 5.75 Å². The second-order valence-electron chi connectivity index (χ2n) is 4.55. The van der Waals surface area contributed by atoms with Gasteiger partial charge < -0.3 is 10.4 Å². The van der Waals surface area contributed by atoms with Crippen LogP contribution >= 0.6 is 0 Å². The molecule has 2 aromatic rings. The Morgan fingerprint density at radius 3 is 2.68 bits per heavy atom. The Morgan fingerprint density at radius 1 is 1.16 bits per heavy atom. The Balaban J connectivity index is 1.90. The third kappa shape index (κ3) is 3.85. The number of carbonyl (C=O) groups excluding carboxylic acids is 1. The number of phenols is 1. The molecule has 0 aromatic heterocycles. The van der Waals surface area contributed by atoms with E-state index < -0.39 is 0 Å². The number of carbonyl (C=O) groups is 1. The lowest BCUT2D eigenvalue weighted by atomic mass is 10.1. The molecule has 0 spiro atoms. The molecule has 0 saturated carbocycles. The van der Waals surface area contributed by atoms with Crippen LogP contribution in [0.4, 0.5) is 0 Å². The number of benzene rings is 2. The second-order valence-corrected chi connectivity index (χ2v) is 4.55. The van der Waals surface area contributed by atoms with E-state index in [-0.39, 0.29) is 11.7 Å². The normalized spacial score (nSPS) is 10.2. The first-order valence-electron chi connectivity index (χ1n) is 6.24. The Morgan fingerprint density at radius 2 is 1.95 bits per heavy atom. The number of amides is 1. The maximum absolute atomic E-state index is 11.8. The summed E-state index contributed by atoms with van der Waals surface area (Å²) in [5, 5.41) is 12.2. The summed E-state index contributed by atoms with van der Waals surface area (Å²) in [4.78, 5) is 11.8. The van der Waals surface area contributed by atoms with Gasteiger partial charge in [-0.25, -0.2) is 0 Å². The smallest absolute Gasteiger partial charge is 0.224 e. The fourth-order valence-electron chi connectivity index (χ4n) is 1.91. The molecule has 19 heavy (non-hydrogen) atoms. The SMILES string of the molecule is Cc1ccccc1CC(=O)NCc1cccc(O)c1. The fourth-order valence-corrected chi connectivity index (χ4v) is 1.91. The summed E-state index contributed by atoms with van der Waals surface area (Å²) in [5.41, 5.74) is 3.05. The number of nitrogens with one attached hydrogen (secondary N) is 1. The van der Waals surface area contributed by atoms with E-state index >= 15 is 0 Å². The molecule has 0 radical (unpaired) electrons. The standard InChI is InChI=1S/C16H17NO2/c1-12-5-2-3-7-14(12)10-16(19)17-11-13-6-4-8-15(18)9-13/h2-9,18H,10-11H2,1H3,(H,17,19). The summed E-state index contributed by atoms with van der Waals surface area (Å²) in [7, 11) is 0. The van der Waals surface area contributed by atoms with Crippen molar-refractivity contribution in [2.24, 2.45) is 0 Å². The number of rotatable bonds is 4. The van der Waals surface area contributed by atoms with E-state index in [2.05, 4.69) is 5.32 Å². The molecular weight excluding hydrogens is 238 g/mol. The lowest BCUT2D eigenvalue weighted by molar-refractivity contribution is -0.120. The third-order valence-electron chi connectivity index (χ3n) is 3.01. The zero-order chi connectivity index (χ0) is 13.7. The summed E-state index contributed by atoms with van der Waals surface area (Å²) in [6, 6.07) is 14.7. The van der Waals surface area contributed by atoms with E-state index in [9.17, 15) is 9.90 Å². The molecule has 0 unspecified atom stereocenters. The van der Waals surface area contributed by atoms with Gasteiger partial charge in [-0.15, -0.1) is 0 Å². The molecule has 0 atom stereocenters. The van der Waals surface area contributed by atoms with Gasteiger partial charge in [0.2, 0.25) is 5.91 Å². The summed E-state index contributed by atoms with van der Waals surface area (Å²) >= 11 is 0. The molecule has 0 fully saturated rings. The van der Waals surface area contributed by atoms with Crippen molar-refractivity contribution < 1.29 is 9.90 Å². The molecule has 0 aliphatic carbocycles. The Kier molecular flexibility index (Phi) is 4.18. The van der Waals surface area contributed by atoms with Gasteiger partial charge in [0.15, 0.2) is 0 Å². The van der Waals surface area contributed by atoms with E-state index in [1.807, 2.05) is 37.3 Å². The molecule has 0 saturated heterocycles. The van der Waals surface area contributed by atoms with Crippen molar-refractivity contribution in [1.82, 2.24) is 5.32 Å². The fraction of sp³-hybridized carbons (Fsp3) is 0.188. The van der Waals surface area contributed by atoms with Crippen LogP contribution in [0.2, 0.25) is 0 Å². The highest BCUT2D eigenvalue weighted by atomic mass is 16.3. The molecule has 0 aliphatic rings. The summed E-state index contributed by atoms with van der Waals surface area (Å²) < 4.78 is 0. The lowest BCUT2D eigenvalue weighted by Crippen LogP contribution is -2.24. The van der Waals surface area contributed by atoms with Gasteiger partial charge in [0.1, 0.15) is 5.75 Å². The molecule has 0 bridgehead atoms. The Hall–Kier alpha value is -2.29. The van der Waals surface area contributed by atoms with Crippen LogP contribution in [0.15, 0.2) is 48.5 Å². The molecule has 3 nitrogen and oxygen atoms in total. The minimum Gasteiger partial charge on any atom is -0.508 e. The van der Waals surface area contributed by atoms with Crippen molar-refractivity contribution in [2.75, 3.05) is 0 Å². The molecule has 98 valence electrons.